The zero-order chi connectivity index (χ0) is 16.3. The molecule has 1 heterocycles. The van der Waals surface area contributed by atoms with E-state index in [0.717, 1.165) is 0 Å². The molecule has 1 amide bonds. The molecule has 0 bridgehead atoms. The normalized spacial score (nSPS) is 13.5. The first-order valence-corrected chi connectivity index (χ1v) is 6.42. The number of benzene rings is 1. The maximum atomic E-state index is 10.8. The lowest BCUT2D eigenvalue weighted by Gasteiger charge is -2.16. The number of hydrogen-bond acceptors (Lipinski definition) is 5. The Hall–Kier alpha value is -2.71. The molecule has 2 aromatic rings. The fourth-order valence-electron chi connectivity index (χ4n) is 1.97. The van der Waals surface area contributed by atoms with Crippen molar-refractivity contribution in [3.8, 4) is 11.3 Å². The summed E-state index contributed by atoms with van der Waals surface area (Å²) in [6, 6.07) is 7.74. The number of aliphatic hydroxyl groups excluding tert-OH is 2. The molecule has 2 rings (SSSR count). The van der Waals surface area contributed by atoms with Crippen molar-refractivity contribution >= 4 is 11.9 Å². The number of carboxylic acid groups (broad SMARTS) is 1. The maximum absolute atomic E-state index is 10.8. The average molecular weight is 305 g/mol. The molecule has 0 aliphatic rings. The number of nitrogens with one attached hydrogen (secondary N) is 1. The first-order chi connectivity index (χ1) is 10.4. The number of aromatic carboxylic acids is 1. The molecular formula is C14H15N3O5. The topological polar surface area (TPSA) is 150 Å². The Labute approximate surface area is 125 Å². The van der Waals surface area contributed by atoms with Gasteiger partial charge in [0.1, 0.15) is 11.8 Å². The number of primary amides is 1. The van der Waals surface area contributed by atoms with E-state index in [1.807, 2.05) is 0 Å². The number of H-pyrrole nitrogens is 1. The molecule has 2 unspecified atom stereocenters. The van der Waals surface area contributed by atoms with Gasteiger partial charge in [0.05, 0.1) is 18.2 Å². The zero-order valence-corrected chi connectivity index (χ0v) is 11.4. The summed E-state index contributed by atoms with van der Waals surface area (Å²) in [6.45, 7) is 0. The minimum absolute atomic E-state index is 0.0315. The molecule has 8 heteroatoms. The highest BCUT2D eigenvalue weighted by Gasteiger charge is 2.20. The third kappa shape index (κ3) is 3.48. The van der Waals surface area contributed by atoms with Crippen molar-refractivity contribution in [3.63, 3.8) is 0 Å². The fourth-order valence-corrected chi connectivity index (χ4v) is 1.97. The monoisotopic (exact) mass is 305 g/mol. The molecular weight excluding hydrogens is 290 g/mol. The molecule has 116 valence electrons. The number of aromatic nitrogens is 2. The Morgan fingerprint density at radius 1 is 1.23 bits per heavy atom. The molecule has 0 aliphatic heterocycles. The van der Waals surface area contributed by atoms with Crippen LogP contribution in [0.15, 0.2) is 30.3 Å². The van der Waals surface area contributed by atoms with Crippen LogP contribution < -0.4 is 5.73 Å². The molecule has 0 saturated heterocycles. The zero-order valence-electron chi connectivity index (χ0n) is 11.4. The third-order valence-electron chi connectivity index (χ3n) is 3.13. The Bertz CT molecular complexity index is 680. The van der Waals surface area contributed by atoms with Crippen LogP contribution in [0.25, 0.3) is 11.3 Å². The molecule has 0 saturated carbocycles. The largest absolute Gasteiger partial charge is 0.477 e. The SMILES string of the molecule is NC(=O)CC(O)C(O)c1ccc(-c2cc(C(=O)O)[nH]n2)cc1. The summed E-state index contributed by atoms with van der Waals surface area (Å²) in [5.41, 5.74) is 6.43. The number of nitrogens with two attached hydrogens (primary N) is 1. The molecule has 0 radical (unpaired) electrons. The standard InChI is InChI=1S/C14H15N3O5/c15-12(19)6-11(18)13(20)8-3-1-7(2-4-8)9-5-10(14(21)22)17-16-9/h1-5,11,13,18,20H,6H2,(H2,15,19)(H,16,17)(H,21,22). The molecule has 1 aromatic heterocycles. The summed E-state index contributed by atoms with van der Waals surface area (Å²) in [7, 11) is 0. The van der Waals surface area contributed by atoms with E-state index >= 15 is 0 Å². The summed E-state index contributed by atoms with van der Waals surface area (Å²) in [4.78, 5) is 21.5. The second kappa shape index (κ2) is 6.37. The summed E-state index contributed by atoms with van der Waals surface area (Å²) >= 11 is 0. The van der Waals surface area contributed by atoms with Gasteiger partial charge in [-0.05, 0) is 11.6 Å². The van der Waals surface area contributed by atoms with E-state index in [0.29, 0.717) is 16.8 Å². The third-order valence-corrected chi connectivity index (χ3v) is 3.13. The molecule has 0 aliphatic carbocycles. The number of aliphatic hydroxyl groups is 2. The van der Waals surface area contributed by atoms with Crippen LogP contribution in [-0.2, 0) is 4.79 Å². The van der Waals surface area contributed by atoms with Gasteiger partial charge in [0.25, 0.3) is 0 Å². The molecule has 8 nitrogen and oxygen atoms in total. The Morgan fingerprint density at radius 3 is 2.36 bits per heavy atom. The van der Waals surface area contributed by atoms with Crippen molar-refractivity contribution < 1.29 is 24.9 Å². The summed E-state index contributed by atoms with van der Waals surface area (Å²) in [5, 5.41) is 34.7. The van der Waals surface area contributed by atoms with E-state index in [9.17, 15) is 19.8 Å². The van der Waals surface area contributed by atoms with Gasteiger partial charge in [-0.3, -0.25) is 9.89 Å². The number of nitrogens with zero attached hydrogens (tertiary/aromatic N) is 1. The lowest BCUT2D eigenvalue weighted by Crippen LogP contribution is -2.25. The highest BCUT2D eigenvalue weighted by molar-refractivity contribution is 5.86. The lowest BCUT2D eigenvalue weighted by molar-refractivity contribution is -0.121. The van der Waals surface area contributed by atoms with Gasteiger partial charge in [-0.25, -0.2) is 4.79 Å². The predicted molar refractivity (Wildman–Crippen MR) is 75.8 cm³/mol. The Morgan fingerprint density at radius 2 is 1.86 bits per heavy atom. The van der Waals surface area contributed by atoms with Crippen molar-refractivity contribution in [2.45, 2.75) is 18.6 Å². The maximum Gasteiger partial charge on any atom is 0.353 e. The van der Waals surface area contributed by atoms with Gasteiger partial charge in [-0.1, -0.05) is 24.3 Å². The van der Waals surface area contributed by atoms with Crippen molar-refractivity contribution in [1.82, 2.24) is 10.2 Å². The van der Waals surface area contributed by atoms with Crippen LogP contribution >= 0.6 is 0 Å². The van der Waals surface area contributed by atoms with Gasteiger partial charge in [0, 0.05) is 5.56 Å². The number of rotatable bonds is 6. The average Bonchev–Trinajstić information content (AvgIpc) is 2.96. The van der Waals surface area contributed by atoms with Crippen LogP contribution in [-0.4, -0.2) is 43.5 Å². The Balaban J connectivity index is 2.15. The van der Waals surface area contributed by atoms with Gasteiger partial charge in [0.15, 0.2) is 0 Å². The predicted octanol–water partition coefficient (Wildman–Crippen LogP) is 0.0446. The van der Waals surface area contributed by atoms with Crippen LogP contribution in [0.3, 0.4) is 0 Å². The lowest BCUT2D eigenvalue weighted by atomic mass is 10.00. The molecule has 0 fully saturated rings. The van der Waals surface area contributed by atoms with E-state index in [2.05, 4.69) is 10.2 Å². The van der Waals surface area contributed by atoms with Crippen LogP contribution in [0.4, 0.5) is 0 Å². The first kappa shape index (κ1) is 15.7. The minimum atomic E-state index is -1.28. The van der Waals surface area contributed by atoms with Crippen molar-refractivity contribution in [2.24, 2.45) is 5.73 Å². The summed E-state index contributed by atoms with van der Waals surface area (Å²) in [5.74, 6) is -1.82. The van der Waals surface area contributed by atoms with Crippen LogP contribution in [0.5, 0.6) is 0 Å². The van der Waals surface area contributed by atoms with Gasteiger partial charge in [0.2, 0.25) is 5.91 Å². The smallest absolute Gasteiger partial charge is 0.353 e. The second-order valence-corrected chi connectivity index (χ2v) is 4.78. The van der Waals surface area contributed by atoms with Gasteiger partial charge in [-0.15, -0.1) is 0 Å². The number of carbonyl (C=O) groups is 2. The molecule has 2 atom stereocenters. The van der Waals surface area contributed by atoms with E-state index in [1.54, 1.807) is 24.3 Å². The van der Waals surface area contributed by atoms with E-state index in [1.165, 1.54) is 6.07 Å². The van der Waals surface area contributed by atoms with Gasteiger partial charge < -0.3 is 21.1 Å². The van der Waals surface area contributed by atoms with Crippen LogP contribution in [0.2, 0.25) is 0 Å². The van der Waals surface area contributed by atoms with Gasteiger partial charge >= 0.3 is 5.97 Å². The molecule has 22 heavy (non-hydrogen) atoms. The van der Waals surface area contributed by atoms with E-state index in [-0.39, 0.29) is 12.1 Å². The van der Waals surface area contributed by atoms with Crippen LogP contribution in [0.1, 0.15) is 28.6 Å². The molecule has 6 N–H and O–H groups in total. The second-order valence-electron chi connectivity index (χ2n) is 4.78. The van der Waals surface area contributed by atoms with Gasteiger partial charge in [-0.2, -0.15) is 5.10 Å². The van der Waals surface area contributed by atoms with Crippen molar-refractivity contribution in [2.75, 3.05) is 0 Å². The highest BCUT2D eigenvalue weighted by atomic mass is 16.4. The summed E-state index contributed by atoms with van der Waals surface area (Å²) in [6.07, 6.45) is -2.87. The first-order valence-electron chi connectivity index (χ1n) is 6.42. The van der Waals surface area contributed by atoms with Crippen LogP contribution in [0, 0.1) is 0 Å². The number of amides is 1. The number of aromatic amines is 1. The molecule has 1 aromatic carbocycles. The summed E-state index contributed by atoms with van der Waals surface area (Å²) < 4.78 is 0. The number of carbonyl (C=O) groups excluding carboxylic acids is 1. The van der Waals surface area contributed by atoms with E-state index < -0.39 is 24.1 Å². The van der Waals surface area contributed by atoms with Crippen molar-refractivity contribution in [3.05, 3.63) is 41.6 Å². The Kier molecular flexibility index (Phi) is 4.54. The number of carboxylic acids is 1. The fraction of sp³-hybridized carbons (Fsp3) is 0.214. The highest BCUT2D eigenvalue weighted by Crippen LogP contribution is 2.23. The van der Waals surface area contributed by atoms with E-state index in [4.69, 9.17) is 10.8 Å². The number of hydrogen-bond donors (Lipinski definition) is 5. The quantitative estimate of drug-likeness (QED) is 0.508. The molecule has 0 spiro atoms. The minimum Gasteiger partial charge on any atom is -0.477 e. The van der Waals surface area contributed by atoms with Crippen molar-refractivity contribution in [1.29, 1.82) is 0 Å².